The Hall–Kier alpha value is -3.95. The molecule has 2 aromatic carbocycles. The van der Waals surface area contributed by atoms with Crippen molar-refractivity contribution in [2.24, 2.45) is 5.41 Å². The smallest absolute Gasteiger partial charge is 0.460 e. The second-order valence-electron chi connectivity index (χ2n) is 13.7. The van der Waals surface area contributed by atoms with Gasteiger partial charge >= 0.3 is 13.7 Å². The van der Waals surface area contributed by atoms with Gasteiger partial charge in [0, 0.05) is 19.5 Å². The van der Waals surface area contributed by atoms with E-state index in [0.29, 0.717) is 11.2 Å². The van der Waals surface area contributed by atoms with E-state index in [1.165, 1.54) is 19.3 Å². The van der Waals surface area contributed by atoms with E-state index in [-0.39, 0.29) is 34.9 Å². The first-order valence-corrected chi connectivity index (χ1v) is 16.7. The van der Waals surface area contributed by atoms with Gasteiger partial charge in [0.1, 0.15) is 11.8 Å². The first kappa shape index (κ1) is 33.9. The number of ether oxygens (including phenoxy) is 2. The average Bonchev–Trinajstić information content (AvgIpc) is 3.23. The Balaban J connectivity index is 1.32. The summed E-state index contributed by atoms with van der Waals surface area (Å²) in [6, 6.07) is 10.7. The number of rotatable bonds is 10. The number of alkyl halides is 2. The molecule has 0 amide bonds. The molecule has 4 N–H and O–H groups in total. The lowest BCUT2D eigenvalue weighted by atomic mass is 9.97. The van der Waals surface area contributed by atoms with E-state index in [1.807, 2.05) is 20.8 Å². The summed E-state index contributed by atoms with van der Waals surface area (Å²) >= 11 is 0. The fourth-order valence-electron chi connectivity index (χ4n) is 5.76. The zero-order valence-electron chi connectivity index (χ0n) is 27.5. The highest BCUT2D eigenvalue weighted by Gasteiger charge is 2.96. The predicted molar refractivity (Wildman–Crippen MR) is 173 cm³/mol. The Labute approximate surface area is 275 Å². The van der Waals surface area contributed by atoms with Gasteiger partial charge in [0.05, 0.1) is 12.9 Å². The van der Waals surface area contributed by atoms with E-state index in [4.69, 9.17) is 24.3 Å². The average molecular weight is 690 g/mol. The third-order valence-electron chi connectivity index (χ3n) is 8.31. The number of halogens is 2. The number of hydrogen-bond donors (Lipinski definition) is 3. The summed E-state index contributed by atoms with van der Waals surface area (Å²) in [6.07, 6.45) is -2.80. The van der Waals surface area contributed by atoms with Crippen LogP contribution in [0, 0.1) is 5.41 Å². The lowest BCUT2D eigenvalue weighted by Gasteiger charge is -2.31. The molecule has 1 saturated heterocycles. The van der Waals surface area contributed by atoms with Crippen molar-refractivity contribution in [2.75, 3.05) is 31.3 Å². The number of carbonyl (C=O) groups is 1. The molecule has 0 radical (unpaired) electrons. The molecule has 2 aromatic heterocycles. The van der Waals surface area contributed by atoms with Gasteiger partial charge in [0.15, 0.2) is 40.6 Å². The molecule has 48 heavy (non-hydrogen) atoms. The van der Waals surface area contributed by atoms with E-state index in [2.05, 4.69) is 20.0 Å². The quantitative estimate of drug-likeness (QED) is 0.158. The number of anilines is 2. The second-order valence-corrected chi connectivity index (χ2v) is 15.3. The number of nitrogens with two attached hydrogens (primary N) is 1. The molecule has 1 aliphatic carbocycles. The van der Waals surface area contributed by atoms with Crippen molar-refractivity contribution in [3.63, 3.8) is 0 Å². The van der Waals surface area contributed by atoms with Crippen LogP contribution in [0.4, 0.5) is 20.5 Å². The molecule has 1 saturated carbocycles. The minimum absolute atomic E-state index is 0.0280. The van der Waals surface area contributed by atoms with Crippen LogP contribution in [0.15, 0.2) is 48.8 Å². The number of benzene rings is 2. The number of carbonyl (C=O) groups excluding carboxylic acids is 1. The van der Waals surface area contributed by atoms with Gasteiger partial charge in [-0.25, -0.2) is 18.3 Å². The Kier molecular flexibility index (Phi) is 7.99. The molecule has 17 heteroatoms. The van der Waals surface area contributed by atoms with Crippen LogP contribution in [-0.2, 0) is 23.4 Å². The minimum Gasteiger partial charge on any atom is -0.464 e. The van der Waals surface area contributed by atoms with Crippen LogP contribution in [0.25, 0.3) is 21.9 Å². The molecule has 2 fully saturated rings. The van der Waals surface area contributed by atoms with E-state index < -0.39 is 49.2 Å². The maximum absolute atomic E-state index is 16.8. The van der Waals surface area contributed by atoms with Crippen LogP contribution < -0.4 is 20.2 Å². The maximum atomic E-state index is 16.8. The van der Waals surface area contributed by atoms with Crippen molar-refractivity contribution in [1.29, 1.82) is 0 Å². The standard InChI is InChI=1S/C31H38F2N7O7P/c1-17(24(41)44-15-28(2,3)4)38-48(43,46-20-14-10-12-18-11-8-9-13-19(18)20)47-25-30(42)29(5,32)26(45-31(25,30)33)40-16-35-21-22(39(6)7)36-27(34)37-23(21)40/h8-14,16-17,25-26,42H,15H2,1-7H3,(H,38,43)(H2,34,36,37)/t17-,25?,26+,29-,30-,31+,48-/m0/s1. The van der Waals surface area contributed by atoms with Gasteiger partial charge in [-0.05, 0) is 30.7 Å². The number of nitrogens with one attached hydrogen (secondary N) is 1. The molecule has 0 bridgehead atoms. The minimum atomic E-state index is -4.81. The summed E-state index contributed by atoms with van der Waals surface area (Å²) in [4.78, 5) is 27.0. The molecular weight excluding hydrogens is 651 g/mol. The monoisotopic (exact) mass is 689 g/mol. The summed E-state index contributed by atoms with van der Waals surface area (Å²) in [5, 5.41) is 15.3. The number of imidazole rings is 1. The Bertz CT molecular complexity index is 1950. The highest BCUT2D eigenvalue weighted by atomic mass is 31.2. The van der Waals surface area contributed by atoms with Gasteiger partial charge < -0.3 is 29.7 Å². The van der Waals surface area contributed by atoms with Crippen LogP contribution >= 0.6 is 7.75 Å². The summed E-state index contributed by atoms with van der Waals surface area (Å²) in [5.41, 5.74) is -0.130. The number of esters is 1. The zero-order valence-corrected chi connectivity index (χ0v) is 28.4. The Morgan fingerprint density at radius 1 is 1.21 bits per heavy atom. The maximum Gasteiger partial charge on any atom is 0.460 e. The third-order valence-corrected chi connectivity index (χ3v) is 9.94. The highest BCUT2D eigenvalue weighted by Crippen LogP contribution is 2.73. The van der Waals surface area contributed by atoms with Crippen molar-refractivity contribution in [1.82, 2.24) is 24.6 Å². The molecular formula is C31H38F2N7O7P. The van der Waals surface area contributed by atoms with Crippen molar-refractivity contribution in [2.45, 2.75) is 70.1 Å². The normalized spacial score (nSPS) is 28.5. The first-order chi connectivity index (χ1) is 22.3. The van der Waals surface area contributed by atoms with Gasteiger partial charge in [-0.1, -0.05) is 57.2 Å². The summed E-state index contributed by atoms with van der Waals surface area (Å²) in [6.45, 7) is 7.91. The fourth-order valence-corrected chi connectivity index (χ4v) is 7.48. The molecule has 0 spiro atoms. The topological polar surface area (TPSA) is 176 Å². The zero-order chi connectivity index (χ0) is 35.0. The van der Waals surface area contributed by atoms with Crippen LogP contribution in [0.3, 0.4) is 0 Å². The molecule has 6 rings (SSSR count). The molecule has 3 heterocycles. The van der Waals surface area contributed by atoms with Gasteiger partial charge in [-0.15, -0.1) is 0 Å². The number of hydrogen-bond acceptors (Lipinski definition) is 12. The number of aliphatic hydroxyl groups is 1. The van der Waals surface area contributed by atoms with Crippen LogP contribution in [0.1, 0.15) is 40.8 Å². The molecule has 7 atom stereocenters. The number of nitrogen functional groups attached to an aromatic ring is 1. The summed E-state index contributed by atoms with van der Waals surface area (Å²) in [7, 11) is -1.42. The Morgan fingerprint density at radius 3 is 2.54 bits per heavy atom. The lowest BCUT2D eigenvalue weighted by Crippen LogP contribution is -2.45. The van der Waals surface area contributed by atoms with Crippen LogP contribution in [0.5, 0.6) is 5.75 Å². The van der Waals surface area contributed by atoms with Gasteiger partial charge in [0.25, 0.3) is 5.85 Å². The van der Waals surface area contributed by atoms with Crippen molar-refractivity contribution >= 4 is 47.4 Å². The van der Waals surface area contributed by atoms with E-state index in [1.54, 1.807) is 55.4 Å². The van der Waals surface area contributed by atoms with Gasteiger partial charge in [-0.3, -0.25) is 13.9 Å². The van der Waals surface area contributed by atoms with Crippen molar-refractivity contribution < 1.29 is 41.8 Å². The lowest BCUT2D eigenvalue weighted by molar-refractivity contribution is -0.156. The Morgan fingerprint density at radius 2 is 1.90 bits per heavy atom. The fraction of sp³-hybridized carbons (Fsp3) is 0.484. The first-order valence-electron chi connectivity index (χ1n) is 15.2. The van der Waals surface area contributed by atoms with Crippen molar-refractivity contribution in [3.05, 3.63) is 48.8 Å². The number of fused-ring (bicyclic) bond motifs is 3. The van der Waals surface area contributed by atoms with Gasteiger partial charge in [-0.2, -0.15) is 15.1 Å². The largest absolute Gasteiger partial charge is 0.464 e. The molecule has 14 nitrogen and oxygen atoms in total. The SMILES string of the molecule is C[C@H](N[P@](=O)(Oc1cccc2ccccc12)OC1[C@]2(O)[C@@](C)(F)[C@H](n3cnc4c(N(C)C)nc(N)nc43)O[C@]12F)C(=O)OCC(C)(C)C. The number of nitrogens with zero attached hydrogens (tertiary/aromatic N) is 5. The molecule has 1 aliphatic heterocycles. The molecule has 258 valence electrons. The molecule has 1 unspecified atom stereocenters. The van der Waals surface area contributed by atoms with Gasteiger partial charge in [0.2, 0.25) is 5.95 Å². The highest BCUT2D eigenvalue weighted by molar-refractivity contribution is 7.52. The van der Waals surface area contributed by atoms with E-state index in [9.17, 15) is 14.5 Å². The summed E-state index contributed by atoms with van der Waals surface area (Å²) in [5.74, 6) is -3.78. The number of aromatic nitrogens is 4. The third kappa shape index (κ3) is 5.45. The van der Waals surface area contributed by atoms with Crippen molar-refractivity contribution in [3.8, 4) is 5.75 Å². The summed E-state index contributed by atoms with van der Waals surface area (Å²) < 4.78 is 71.4. The second kappa shape index (κ2) is 11.3. The van der Waals surface area contributed by atoms with Crippen LogP contribution in [-0.4, -0.2) is 80.6 Å². The molecule has 4 aromatic rings. The van der Waals surface area contributed by atoms with E-state index in [0.717, 1.165) is 16.9 Å². The predicted octanol–water partition coefficient (Wildman–Crippen LogP) is 4.43. The van der Waals surface area contributed by atoms with Crippen LogP contribution in [0.2, 0.25) is 0 Å². The molecule has 2 aliphatic rings. The van der Waals surface area contributed by atoms with E-state index >= 15 is 8.78 Å².